The number of piperidine rings is 1. The van der Waals surface area contributed by atoms with Crippen LogP contribution in [0.2, 0.25) is 10.0 Å². The molecule has 3 rings (SSSR count). The smallest absolute Gasteiger partial charge is 0.243 e. The highest BCUT2D eigenvalue weighted by molar-refractivity contribution is 7.89. The van der Waals surface area contributed by atoms with Crippen LogP contribution >= 0.6 is 23.2 Å². The lowest BCUT2D eigenvalue weighted by Crippen LogP contribution is -2.43. The molecule has 2 aromatic carbocycles. The molecule has 0 atom stereocenters. The van der Waals surface area contributed by atoms with E-state index in [1.807, 2.05) is 6.07 Å². The molecule has 0 saturated carbocycles. The van der Waals surface area contributed by atoms with Crippen LogP contribution in [-0.4, -0.2) is 49.5 Å². The zero-order valence-electron chi connectivity index (χ0n) is 17.3. The third-order valence-electron chi connectivity index (χ3n) is 5.48. The molecular formula is C22H24Cl2N2O4S. The van der Waals surface area contributed by atoms with Crippen molar-refractivity contribution in [3.63, 3.8) is 0 Å². The molecule has 9 heteroatoms. The molecular weight excluding hydrogens is 459 g/mol. The van der Waals surface area contributed by atoms with Gasteiger partial charge in [-0.05, 0) is 49.6 Å². The highest BCUT2D eigenvalue weighted by atomic mass is 35.5. The number of nitrogens with zero attached hydrogens (tertiary/aromatic N) is 2. The van der Waals surface area contributed by atoms with Crippen molar-refractivity contribution in [3.05, 3.63) is 63.6 Å². The molecule has 0 bridgehead atoms. The van der Waals surface area contributed by atoms with Gasteiger partial charge in [0.05, 0.1) is 14.9 Å². The minimum Gasteiger partial charge on any atom is -0.341 e. The van der Waals surface area contributed by atoms with Crippen LogP contribution in [0.1, 0.15) is 35.7 Å². The van der Waals surface area contributed by atoms with Crippen LogP contribution in [0.15, 0.2) is 47.4 Å². The fraction of sp³-hybridized carbons (Fsp3) is 0.364. The van der Waals surface area contributed by atoms with Crippen LogP contribution in [0, 0.1) is 5.92 Å². The normalized spacial score (nSPS) is 15.6. The first kappa shape index (κ1) is 23.7. The van der Waals surface area contributed by atoms with Gasteiger partial charge in [0.2, 0.25) is 15.9 Å². The molecule has 0 aromatic heterocycles. The van der Waals surface area contributed by atoms with Crippen molar-refractivity contribution in [2.24, 2.45) is 5.92 Å². The number of amides is 1. The van der Waals surface area contributed by atoms with E-state index in [-0.39, 0.29) is 35.6 Å². The van der Waals surface area contributed by atoms with Crippen molar-refractivity contribution in [1.29, 1.82) is 0 Å². The average molecular weight is 483 g/mol. The highest BCUT2D eigenvalue weighted by Crippen LogP contribution is 2.27. The van der Waals surface area contributed by atoms with E-state index in [9.17, 15) is 18.0 Å². The number of sulfonamides is 1. The number of benzene rings is 2. The maximum Gasteiger partial charge on any atom is 0.243 e. The largest absolute Gasteiger partial charge is 0.341 e. The van der Waals surface area contributed by atoms with Gasteiger partial charge >= 0.3 is 0 Å². The van der Waals surface area contributed by atoms with Crippen LogP contribution in [0.25, 0.3) is 0 Å². The summed E-state index contributed by atoms with van der Waals surface area (Å²) in [5.74, 6) is -0.374. The van der Waals surface area contributed by atoms with Crippen LogP contribution in [0.5, 0.6) is 0 Å². The van der Waals surface area contributed by atoms with Crippen molar-refractivity contribution in [2.45, 2.75) is 31.2 Å². The maximum absolute atomic E-state index is 12.9. The monoisotopic (exact) mass is 482 g/mol. The number of carbonyl (C=O) groups excluding carboxylic acids is 2. The average Bonchev–Trinajstić information content (AvgIpc) is 2.76. The van der Waals surface area contributed by atoms with Crippen LogP contribution in [0.4, 0.5) is 0 Å². The summed E-state index contributed by atoms with van der Waals surface area (Å²) in [6.07, 6.45) is 0.907. The van der Waals surface area contributed by atoms with E-state index in [0.29, 0.717) is 35.0 Å². The van der Waals surface area contributed by atoms with Gasteiger partial charge in [-0.2, -0.15) is 4.31 Å². The molecule has 1 aliphatic rings. The van der Waals surface area contributed by atoms with Gasteiger partial charge in [0.15, 0.2) is 5.78 Å². The molecule has 1 aliphatic heterocycles. The van der Waals surface area contributed by atoms with Gasteiger partial charge in [-0.25, -0.2) is 8.42 Å². The quantitative estimate of drug-likeness (QED) is 0.576. The second-order valence-corrected chi connectivity index (χ2v) is 10.5. The van der Waals surface area contributed by atoms with E-state index >= 15 is 0 Å². The number of ketones is 1. The van der Waals surface area contributed by atoms with E-state index in [1.165, 1.54) is 35.5 Å². The Morgan fingerprint density at radius 1 is 1.03 bits per heavy atom. The first-order valence-corrected chi connectivity index (χ1v) is 12.1. The van der Waals surface area contributed by atoms with Crippen molar-refractivity contribution in [2.75, 3.05) is 20.1 Å². The Morgan fingerprint density at radius 2 is 1.65 bits per heavy atom. The van der Waals surface area contributed by atoms with Gasteiger partial charge in [-0.3, -0.25) is 9.59 Å². The molecule has 1 fully saturated rings. The maximum atomic E-state index is 12.9. The molecule has 0 unspecified atom stereocenters. The summed E-state index contributed by atoms with van der Waals surface area (Å²) in [4.78, 5) is 26.0. The molecule has 1 saturated heterocycles. The van der Waals surface area contributed by atoms with Crippen LogP contribution in [0.3, 0.4) is 0 Å². The van der Waals surface area contributed by atoms with Crippen molar-refractivity contribution >= 4 is 44.9 Å². The van der Waals surface area contributed by atoms with E-state index in [1.54, 1.807) is 24.1 Å². The Morgan fingerprint density at radius 3 is 2.19 bits per heavy atom. The fourth-order valence-electron chi connectivity index (χ4n) is 3.66. The predicted molar refractivity (Wildman–Crippen MR) is 121 cm³/mol. The highest BCUT2D eigenvalue weighted by Gasteiger charge is 2.33. The second kappa shape index (κ2) is 9.69. The summed E-state index contributed by atoms with van der Waals surface area (Å²) in [5, 5.41) is 0.902. The summed E-state index contributed by atoms with van der Waals surface area (Å²) >= 11 is 12.0. The molecule has 2 aromatic rings. The van der Waals surface area contributed by atoms with Gasteiger partial charge in [0.1, 0.15) is 0 Å². The molecule has 31 heavy (non-hydrogen) atoms. The minimum absolute atomic E-state index is 0.0195. The van der Waals surface area contributed by atoms with Crippen molar-refractivity contribution in [1.82, 2.24) is 9.21 Å². The second-order valence-electron chi connectivity index (χ2n) is 7.70. The third kappa shape index (κ3) is 5.47. The number of hydrogen-bond acceptors (Lipinski definition) is 4. The Labute approximate surface area is 192 Å². The van der Waals surface area contributed by atoms with E-state index in [2.05, 4.69) is 0 Å². The van der Waals surface area contributed by atoms with Gasteiger partial charge in [0, 0.05) is 38.2 Å². The molecule has 166 valence electrons. The van der Waals surface area contributed by atoms with Crippen molar-refractivity contribution < 1.29 is 18.0 Å². The molecule has 1 heterocycles. The standard InChI is InChI=1S/C22H24Cl2N2O4S/c1-15(27)17-4-6-19(7-5-17)31(29,30)26-11-9-18(10-12-26)22(28)25(2)14-16-3-8-20(23)21(24)13-16/h3-8,13,18H,9-12,14H2,1-2H3. The predicted octanol–water partition coefficient (Wildman–Crippen LogP) is 4.26. The zero-order valence-corrected chi connectivity index (χ0v) is 19.7. The summed E-state index contributed by atoms with van der Waals surface area (Å²) in [5.41, 5.74) is 1.34. The molecule has 0 spiro atoms. The fourth-order valence-corrected chi connectivity index (χ4v) is 5.45. The number of hydrogen-bond donors (Lipinski definition) is 0. The topological polar surface area (TPSA) is 74.8 Å². The number of rotatable bonds is 6. The first-order chi connectivity index (χ1) is 14.6. The number of carbonyl (C=O) groups is 2. The van der Waals surface area contributed by atoms with Gasteiger partial charge in [-0.1, -0.05) is 41.4 Å². The molecule has 0 N–H and O–H groups in total. The lowest BCUT2D eigenvalue weighted by atomic mass is 9.96. The lowest BCUT2D eigenvalue weighted by molar-refractivity contribution is -0.135. The van der Waals surface area contributed by atoms with Crippen LogP contribution in [-0.2, 0) is 21.4 Å². The summed E-state index contributed by atoms with van der Waals surface area (Å²) < 4.78 is 27.2. The Hall–Kier alpha value is -1.93. The van der Waals surface area contributed by atoms with E-state index in [4.69, 9.17) is 23.2 Å². The SMILES string of the molecule is CC(=O)c1ccc(S(=O)(=O)N2CCC(C(=O)N(C)Cc3ccc(Cl)c(Cl)c3)CC2)cc1. The third-order valence-corrected chi connectivity index (χ3v) is 8.13. The van der Waals surface area contributed by atoms with E-state index < -0.39 is 10.0 Å². The summed E-state index contributed by atoms with van der Waals surface area (Å²) in [7, 11) is -1.93. The first-order valence-electron chi connectivity index (χ1n) is 9.89. The van der Waals surface area contributed by atoms with Crippen LogP contribution < -0.4 is 0 Å². The van der Waals surface area contributed by atoms with Crippen molar-refractivity contribution in [3.8, 4) is 0 Å². The lowest BCUT2D eigenvalue weighted by Gasteiger charge is -2.32. The molecule has 1 amide bonds. The Bertz CT molecular complexity index is 1080. The van der Waals surface area contributed by atoms with Gasteiger partial charge in [0.25, 0.3) is 0 Å². The summed E-state index contributed by atoms with van der Waals surface area (Å²) in [6.45, 7) is 2.38. The minimum atomic E-state index is -3.66. The zero-order chi connectivity index (χ0) is 22.8. The molecule has 0 radical (unpaired) electrons. The molecule has 6 nitrogen and oxygen atoms in total. The van der Waals surface area contributed by atoms with Gasteiger partial charge in [-0.15, -0.1) is 0 Å². The Balaban J connectivity index is 1.60. The molecule has 0 aliphatic carbocycles. The Kier molecular flexibility index (Phi) is 7.42. The number of Topliss-reactive ketones (excluding diaryl/α,β-unsaturated/α-hetero) is 1. The van der Waals surface area contributed by atoms with E-state index in [0.717, 1.165) is 5.56 Å². The van der Waals surface area contributed by atoms with Gasteiger partial charge < -0.3 is 4.90 Å². The number of halogens is 2. The summed E-state index contributed by atoms with van der Waals surface area (Å²) in [6, 6.07) is 11.2.